The lowest BCUT2D eigenvalue weighted by molar-refractivity contribution is -0.148. The summed E-state index contributed by atoms with van der Waals surface area (Å²) in [4.78, 5) is 42.1. The summed E-state index contributed by atoms with van der Waals surface area (Å²) >= 11 is 0. The first-order valence-electron chi connectivity index (χ1n) is 22.8. The average Bonchev–Trinajstić information content (AvgIpc) is 3.49. The van der Waals surface area contributed by atoms with Crippen LogP contribution in [0, 0.1) is 11.8 Å². The van der Waals surface area contributed by atoms with Crippen molar-refractivity contribution in [2.45, 2.75) is 182 Å². The van der Waals surface area contributed by atoms with Crippen LogP contribution in [0.2, 0.25) is 0 Å². The van der Waals surface area contributed by atoms with E-state index in [-0.39, 0.29) is 31.1 Å². The smallest absolute Gasteiger partial charge is 0.305 e. The molecule has 1 amide bonds. The maximum atomic E-state index is 13.3. The molecule has 7 heteroatoms. The monoisotopic (exact) mass is 769 g/mol. The molecule has 0 unspecified atom stereocenters. The number of likely N-dealkylation sites (tertiary alicyclic amines) is 1. The number of unbranched alkanes of at least 4 members (excludes halogenated alkanes) is 16. The van der Waals surface area contributed by atoms with E-state index in [0.717, 1.165) is 77.3 Å². The summed E-state index contributed by atoms with van der Waals surface area (Å²) in [7, 11) is 0. The third kappa shape index (κ3) is 31.1. The summed E-state index contributed by atoms with van der Waals surface area (Å²) in [6, 6.07) is 0. The predicted octanol–water partition coefficient (Wildman–Crippen LogP) is 12.1. The van der Waals surface area contributed by atoms with Gasteiger partial charge in [-0.2, -0.15) is 0 Å². The highest BCUT2D eigenvalue weighted by Gasteiger charge is 2.28. The molecule has 1 aliphatic rings. The Morgan fingerprint density at radius 1 is 0.527 bits per heavy atom. The van der Waals surface area contributed by atoms with E-state index in [1.54, 1.807) is 4.90 Å². The van der Waals surface area contributed by atoms with Gasteiger partial charge in [0.15, 0.2) is 0 Å². The zero-order valence-corrected chi connectivity index (χ0v) is 36.1. The van der Waals surface area contributed by atoms with Crippen molar-refractivity contribution in [3.63, 3.8) is 0 Å². The van der Waals surface area contributed by atoms with Crippen molar-refractivity contribution in [3.05, 3.63) is 48.6 Å². The van der Waals surface area contributed by atoms with Crippen LogP contribution in [-0.4, -0.2) is 73.6 Å². The Morgan fingerprint density at radius 3 is 1.29 bits per heavy atom. The van der Waals surface area contributed by atoms with Gasteiger partial charge in [-0.3, -0.25) is 19.3 Å². The van der Waals surface area contributed by atoms with E-state index in [4.69, 9.17) is 9.47 Å². The minimum atomic E-state index is -0.205. The van der Waals surface area contributed by atoms with Crippen molar-refractivity contribution >= 4 is 17.8 Å². The van der Waals surface area contributed by atoms with Crippen molar-refractivity contribution in [1.29, 1.82) is 0 Å². The average molecular weight is 769 g/mol. The van der Waals surface area contributed by atoms with E-state index in [1.165, 1.54) is 77.0 Å². The third-order valence-electron chi connectivity index (χ3n) is 10.7. The maximum absolute atomic E-state index is 13.3. The van der Waals surface area contributed by atoms with Crippen LogP contribution in [-0.2, 0) is 23.9 Å². The van der Waals surface area contributed by atoms with E-state index in [1.807, 2.05) is 0 Å². The number of amides is 1. The van der Waals surface area contributed by atoms with E-state index < -0.39 is 0 Å². The highest BCUT2D eigenvalue weighted by Crippen LogP contribution is 2.22. The van der Waals surface area contributed by atoms with Crippen molar-refractivity contribution in [2.24, 2.45) is 11.8 Å². The van der Waals surface area contributed by atoms with Crippen LogP contribution in [0.3, 0.4) is 0 Å². The normalized spacial score (nSPS) is 16.4. The van der Waals surface area contributed by atoms with Gasteiger partial charge < -0.3 is 14.4 Å². The molecule has 316 valence electrons. The summed E-state index contributed by atoms with van der Waals surface area (Å²) in [5.74, 6) is 0.710. The fourth-order valence-electron chi connectivity index (χ4n) is 6.88. The number of carbonyl (C=O) groups excluding carboxylic acids is 3. The Kier molecular flexibility index (Phi) is 33.8. The molecule has 7 nitrogen and oxygen atoms in total. The molecule has 0 spiro atoms. The minimum Gasteiger partial charge on any atom is -0.464 e. The highest BCUT2D eigenvalue weighted by atomic mass is 16.5. The maximum Gasteiger partial charge on any atom is 0.305 e. The first-order valence-corrected chi connectivity index (χ1v) is 22.8. The number of carbonyl (C=O) groups is 3. The molecule has 0 aromatic carbocycles. The van der Waals surface area contributed by atoms with Crippen LogP contribution in [0.15, 0.2) is 48.6 Å². The van der Waals surface area contributed by atoms with Gasteiger partial charge >= 0.3 is 11.9 Å². The van der Waals surface area contributed by atoms with Crippen LogP contribution in [0.5, 0.6) is 0 Å². The number of rotatable bonds is 36. The first kappa shape index (κ1) is 50.3. The van der Waals surface area contributed by atoms with Gasteiger partial charge in [0, 0.05) is 25.9 Å². The fourth-order valence-corrected chi connectivity index (χ4v) is 6.88. The van der Waals surface area contributed by atoms with Crippen molar-refractivity contribution in [3.8, 4) is 0 Å². The van der Waals surface area contributed by atoms with E-state index in [2.05, 4.69) is 81.2 Å². The molecule has 1 aliphatic heterocycles. The molecule has 0 N–H and O–H groups in total. The second kappa shape index (κ2) is 36.9. The molecule has 2 atom stereocenters. The molecular formula is C48H84N2O5. The van der Waals surface area contributed by atoms with Gasteiger partial charge in [-0.1, -0.05) is 141 Å². The number of esters is 2. The van der Waals surface area contributed by atoms with E-state index >= 15 is 0 Å². The molecule has 55 heavy (non-hydrogen) atoms. The Balaban J connectivity index is 2.23. The molecule has 0 aromatic heterocycles. The van der Waals surface area contributed by atoms with Crippen molar-refractivity contribution in [1.82, 2.24) is 9.80 Å². The topological polar surface area (TPSA) is 76.1 Å². The Labute approximate surface area is 338 Å². The lowest BCUT2D eigenvalue weighted by Crippen LogP contribution is -2.43. The van der Waals surface area contributed by atoms with Crippen LogP contribution < -0.4 is 0 Å². The zero-order valence-electron chi connectivity index (χ0n) is 36.1. The summed E-state index contributed by atoms with van der Waals surface area (Å²) in [6.45, 7) is 12.1. The molecule has 1 saturated heterocycles. The molecular weight excluding hydrogens is 685 g/mol. The largest absolute Gasteiger partial charge is 0.464 e. The summed E-state index contributed by atoms with van der Waals surface area (Å²) in [5.41, 5.74) is 0. The van der Waals surface area contributed by atoms with Gasteiger partial charge in [0.05, 0.1) is 19.6 Å². The van der Waals surface area contributed by atoms with Gasteiger partial charge in [0.25, 0.3) is 0 Å². The zero-order chi connectivity index (χ0) is 40.0. The van der Waals surface area contributed by atoms with Gasteiger partial charge in [0.1, 0.15) is 13.2 Å². The molecule has 0 aromatic rings. The van der Waals surface area contributed by atoms with E-state index in [9.17, 15) is 14.4 Å². The fraction of sp³-hybridized carbons (Fsp3) is 0.771. The highest BCUT2D eigenvalue weighted by molar-refractivity contribution is 5.78. The lowest BCUT2D eigenvalue weighted by Gasteiger charge is -2.25. The van der Waals surface area contributed by atoms with E-state index in [0.29, 0.717) is 44.3 Å². The van der Waals surface area contributed by atoms with Crippen LogP contribution in [0.4, 0.5) is 0 Å². The molecule has 1 rings (SSSR count). The van der Waals surface area contributed by atoms with Crippen LogP contribution in [0.25, 0.3) is 0 Å². The number of allylic oxidation sites excluding steroid dienone is 8. The van der Waals surface area contributed by atoms with Gasteiger partial charge in [-0.15, -0.1) is 0 Å². The summed E-state index contributed by atoms with van der Waals surface area (Å²) in [5, 5.41) is 0. The second-order valence-electron chi connectivity index (χ2n) is 15.9. The van der Waals surface area contributed by atoms with Gasteiger partial charge in [-0.05, 0) is 88.9 Å². The predicted molar refractivity (Wildman–Crippen MR) is 232 cm³/mol. The Morgan fingerprint density at radius 2 is 0.891 bits per heavy atom. The lowest BCUT2D eigenvalue weighted by atomic mass is 10.0. The van der Waals surface area contributed by atoms with Crippen molar-refractivity contribution < 1.29 is 23.9 Å². The molecule has 1 heterocycles. The Bertz CT molecular complexity index is 993. The summed E-state index contributed by atoms with van der Waals surface area (Å²) in [6.07, 6.45) is 44.2. The standard InChI is InChI=1S/C48H84N2O5/c1-5-7-9-11-13-15-17-19-21-23-25-27-29-31-33-35-47(52)54-39-37-50(46(51)43-49-41-44(3)45(4)42-49)38-40-55-48(53)36-34-32-30-28-26-24-22-20-18-16-14-12-10-8-6-2/h13-16,19-22,44-45H,5-12,17-18,23-43H2,1-4H3/b15-13-,16-14-,21-19-,22-20-/t44-,45+. The number of nitrogens with zero attached hydrogens (tertiary/aromatic N) is 2. The molecule has 1 fully saturated rings. The number of hydrogen-bond donors (Lipinski definition) is 0. The number of ether oxygens (including phenoxy) is 2. The quantitative estimate of drug-likeness (QED) is 0.0359. The molecule has 0 saturated carbocycles. The van der Waals surface area contributed by atoms with Gasteiger partial charge in [-0.25, -0.2) is 0 Å². The van der Waals surface area contributed by atoms with Crippen molar-refractivity contribution in [2.75, 3.05) is 45.9 Å². The second-order valence-corrected chi connectivity index (χ2v) is 15.9. The van der Waals surface area contributed by atoms with Crippen LogP contribution in [0.1, 0.15) is 182 Å². The first-order chi connectivity index (χ1) is 26.9. The summed E-state index contributed by atoms with van der Waals surface area (Å²) < 4.78 is 11.1. The Hall–Kier alpha value is -2.67. The SMILES string of the molecule is CCCCC/C=C\C/C=C\CCCCCCCC(=O)OCCN(CCOC(=O)CCCCCCC/C=C\C/C=C\CCCCC)C(=O)CN1C[C@@H](C)[C@@H](C)C1. The molecule has 0 bridgehead atoms. The molecule has 0 radical (unpaired) electrons. The van der Waals surface area contributed by atoms with Crippen LogP contribution >= 0.6 is 0 Å². The molecule has 0 aliphatic carbocycles. The van der Waals surface area contributed by atoms with Gasteiger partial charge in [0.2, 0.25) is 5.91 Å². The third-order valence-corrected chi connectivity index (χ3v) is 10.7. The minimum absolute atomic E-state index is 0.00386. The number of hydrogen-bond acceptors (Lipinski definition) is 6.